The predicted molar refractivity (Wildman–Crippen MR) is 56.1 cm³/mol. The number of aliphatic hydroxyl groups is 2. The number of rotatable bonds is 4. The van der Waals surface area contributed by atoms with Crippen LogP contribution in [0.5, 0.6) is 5.75 Å². The van der Waals surface area contributed by atoms with Crippen molar-refractivity contribution in [3.63, 3.8) is 0 Å². The zero-order chi connectivity index (χ0) is 14.8. The number of nitrogen functional groups attached to an aromatic ring is 1. The van der Waals surface area contributed by atoms with Crippen LogP contribution in [0.2, 0.25) is 0 Å². The van der Waals surface area contributed by atoms with E-state index >= 15 is 0 Å². The van der Waals surface area contributed by atoms with Crippen molar-refractivity contribution in [3.05, 3.63) is 23.8 Å². The highest BCUT2D eigenvalue weighted by Gasteiger charge is 2.32. The summed E-state index contributed by atoms with van der Waals surface area (Å²) >= 11 is 0. The second kappa shape index (κ2) is 5.33. The third-order valence-electron chi connectivity index (χ3n) is 2.15. The van der Waals surface area contributed by atoms with Crippen LogP contribution in [0, 0.1) is 0 Å². The smallest absolute Gasteiger partial charge is 0.479 e. The summed E-state index contributed by atoms with van der Waals surface area (Å²) in [5, 5.41) is 27.0. The van der Waals surface area contributed by atoms with Crippen LogP contribution in [0.15, 0.2) is 18.2 Å². The van der Waals surface area contributed by atoms with E-state index in [2.05, 4.69) is 4.74 Å². The molecular formula is C10H10F3NO5. The lowest BCUT2D eigenvalue weighted by Gasteiger charge is -2.16. The van der Waals surface area contributed by atoms with Crippen LogP contribution >= 0.6 is 0 Å². The molecule has 0 bridgehead atoms. The van der Waals surface area contributed by atoms with Crippen LogP contribution in [0.1, 0.15) is 11.7 Å². The van der Waals surface area contributed by atoms with Crippen molar-refractivity contribution in [2.75, 3.05) is 5.73 Å². The Morgan fingerprint density at radius 1 is 1.32 bits per heavy atom. The molecule has 5 N–H and O–H groups in total. The number of carbonyl (C=O) groups is 1. The van der Waals surface area contributed by atoms with E-state index in [1.807, 2.05) is 0 Å². The number of carboxylic acids is 1. The molecule has 0 amide bonds. The predicted octanol–water partition coefficient (Wildman–Crippen LogP) is 0.646. The van der Waals surface area contributed by atoms with Gasteiger partial charge in [-0.15, -0.1) is 13.2 Å². The minimum atomic E-state index is -4.92. The van der Waals surface area contributed by atoms with Gasteiger partial charge in [-0.2, -0.15) is 0 Å². The first kappa shape index (κ1) is 15.1. The fourth-order valence-electron chi connectivity index (χ4n) is 1.29. The van der Waals surface area contributed by atoms with Gasteiger partial charge in [0.1, 0.15) is 6.10 Å². The number of aliphatic carboxylic acids is 1. The fraction of sp³-hybridized carbons (Fsp3) is 0.300. The molecule has 2 unspecified atom stereocenters. The maximum absolute atomic E-state index is 12.0. The Morgan fingerprint density at radius 2 is 1.89 bits per heavy atom. The van der Waals surface area contributed by atoms with Gasteiger partial charge in [-0.25, -0.2) is 4.79 Å². The van der Waals surface area contributed by atoms with E-state index in [1.165, 1.54) is 0 Å². The summed E-state index contributed by atoms with van der Waals surface area (Å²) in [6, 6.07) is 2.67. The van der Waals surface area contributed by atoms with Crippen LogP contribution in [0.25, 0.3) is 0 Å². The molecule has 0 radical (unpaired) electrons. The Bertz CT molecular complexity index is 477. The molecule has 1 aromatic carbocycles. The monoisotopic (exact) mass is 281 g/mol. The number of halogens is 3. The number of hydrogen-bond donors (Lipinski definition) is 4. The van der Waals surface area contributed by atoms with Gasteiger partial charge in [0, 0.05) is 0 Å². The van der Waals surface area contributed by atoms with Crippen LogP contribution in [-0.4, -0.2) is 33.8 Å². The van der Waals surface area contributed by atoms with Gasteiger partial charge in [0.25, 0.3) is 0 Å². The third-order valence-corrected chi connectivity index (χ3v) is 2.15. The van der Waals surface area contributed by atoms with E-state index in [0.717, 1.165) is 18.2 Å². The van der Waals surface area contributed by atoms with Crippen molar-refractivity contribution < 1.29 is 38.0 Å². The second-order valence-electron chi connectivity index (χ2n) is 3.57. The second-order valence-corrected chi connectivity index (χ2v) is 3.57. The molecule has 0 aliphatic heterocycles. The summed E-state index contributed by atoms with van der Waals surface area (Å²) in [7, 11) is 0. The van der Waals surface area contributed by atoms with Gasteiger partial charge in [0.05, 0.1) is 5.69 Å². The number of benzene rings is 1. The molecule has 19 heavy (non-hydrogen) atoms. The lowest BCUT2D eigenvalue weighted by Crippen LogP contribution is -2.27. The van der Waals surface area contributed by atoms with Crippen molar-refractivity contribution in [1.29, 1.82) is 0 Å². The average molecular weight is 281 g/mol. The Balaban J connectivity index is 2.97. The number of aliphatic hydroxyl groups excluding tert-OH is 2. The van der Waals surface area contributed by atoms with Crippen LogP contribution in [0.3, 0.4) is 0 Å². The van der Waals surface area contributed by atoms with E-state index in [0.29, 0.717) is 0 Å². The zero-order valence-corrected chi connectivity index (χ0v) is 9.26. The van der Waals surface area contributed by atoms with Crippen molar-refractivity contribution >= 4 is 11.7 Å². The van der Waals surface area contributed by atoms with Gasteiger partial charge in [0.2, 0.25) is 0 Å². The SMILES string of the molecule is Nc1cc(C(O)C(O)C(=O)O)ccc1OC(F)(F)F. The number of carboxylic acid groups (broad SMARTS) is 1. The van der Waals surface area contributed by atoms with E-state index in [4.69, 9.17) is 15.9 Å². The number of alkyl halides is 3. The highest BCUT2D eigenvalue weighted by Crippen LogP contribution is 2.31. The first-order valence-corrected chi connectivity index (χ1v) is 4.86. The van der Waals surface area contributed by atoms with Gasteiger partial charge < -0.3 is 25.8 Å². The molecule has 6 nitrogen and oxygen atoms in total. The summed E-state index contributed by atoms with van der Waals surface area (Å²) in [4.78, 5) is 10.4. The lowest BCUT2D eigenvalue weighted by atomic mass is 10.0. The molecule has 106 valence electrons. The maximum Gasteiger partial charge on any atom is 0.573 e. The largest absolute Gasteiger partial charge is 0.573 e. The fourth-order valence-corrected chi connectivity index (χ4v) is 1.29. The number of nitrogens with two attached hydrogens (primary N) is 1. The highest BCUT2D eigenvalue weighted by atomic mass is 19.4. The standard InChI is InChI=1S/C10H10F3NO5/c11-10(12,13)19-6-2-1-4(3-5(6)14)7(15)8(16)9(17)18/h1-3,7-8,15-16H,14H2,(H,17,18). The molecule has 0 saturated carbocycles. The Morgan fingerprint density at radius 3 is 2.32 bits per heavy atom. The summed E-state index contributed by atoms with van der Waals surface area (Å²) in [6.45, 7) is 0. The Kier molecular flexibility index (Phi) is 4.22. The number of anilines is 1. The van der Waals surface area contributed by atoms with Gasteiger partial charge >= 0.3 is 12.3 Å². The van der Waals surface area contributed by atoms with Crippen LogP contribution in [-0.2, 0) is 4.79 Å². The molecule has 0 saturated heterocycles. The molecule has 9 heteroatoms. The van der Waals surface area contributed by atoms with E-state index in [-0.39, 0.29) is 5.56 Å². The molecule has 0 spiro atoms. The molecule has 1 aromatic rings. The third kappa shape index (κ3) is 4.00. The molecule has 1 rings (SSSR count). The molecule has 0 aromatic heterocycles. The lowest BCUT2D eigenvalue weighted by molar-refractivity contribution is -0.274. The topological polar surface area (TPSA) is 113 Å². The quantitative estimate of drug-likeness (QED) is 0.603. The molecule has 2 atom stereocenters. The average Bonchev–Trinajstić information content (AvgIpc) is 2.28. The van der Waals surface area contributed by atoms with Gasteiger partial charge in [-0.1, -0.05) is 6.07 Å². The van der Waals surface area contributed by atoms with Crippen molar-refractivity contribution in [2.45, 2.75) is 18.6 Å². The Labute approximate surface area is 104 Å². The van der Waals surface area contributed by atoms with Crippen LogP contribution in [0.4, 0.5) is 18.9 Å². The normalized spacial score (nSPS) is 14.8. The number of hydrogen-bond acceptors (Lipinski definition) is 5. The molecule has 0 aliphatic carbocycles. The zero-order valence-electron chi connectivity index (χ0n) is 9.26. The van der Waals surface area contributed by atoms with E-state index in [9.17, 15) is 23.1 Å². The Hall–Kier alpha value is -2.00. The van der Waals surface area contributed by atoms with Gasteiger partial charge in [0.15, 0.2) is 11.9 Å². The summed E-state index contributed by atoms with van der Waals surface area (Å²) < 4.78 is 39.5. The first-order valence-electron chi connectivity index (χ1n) is 4.86. The maximum atomic E-state index is 12.0. The first-order chi connectivity index (χ1) is 8.61. The van der Waals surface area contributed by atoms with Gasteiger partial charge in [-0.05, 0) is 17.7 Å². The van der Waals surface area contributed by atoms with Crippen LogP contribution < -0.4 is 10.5 Å². The molecule has 0 heterocycles. The molecule has 0 aliphatic rings. The van der Waals surface area contributed by atoms with Crippen molar-refractivity contribution in [1.82, 2.24) is 0 Å². The van der Waals surface area contributed by atoms with Crippen molar-refractivity contribution in [3.8, 4) is 5.75 Å². The minimum Gasteiger partial charge on any atom is -0.479 e. The molecule has 0 fully saturated rings. The van der Waals surface area contributed by atoms with Crippen molar-refractivity contribution in [2.24, 2.45) is 0 Å². The minimum absolute atomic E-state index is 0.151. The molecular weight excluding hydrogens is 271 g/mol. The number of ether oxygens (including phenoxy) is 1. The summed E-state index contributed by atoms with van der Waals surface area (Å²) in [5.41, 5.74) is 4.67. The summed E-state index contributed by atoms with van der Waals surface area (Å²) in [5.74, 6) is -2.37. The van der Waals surface area contributed by atoms with Gasteiger partial charge in [-0.3, -0.25) is 0 Å². The van der Waals surface area contributed by atoms with E-state index in [1.54, 1.807) is 0 Å². The highest BCUT2D eigenvalue weighted by molar-refractivity contribution is 5.73. The van der Waals surface area contributed by atoms with E-state index < -0.39 is 36.0 Å². The summed E-state index contributed by atoms with van der Waals surface area (Å²) in [6.07, 6.45) is -8.86.